The molecule has 0 amide bonds. The van der Waals surface area contributed by atoms with Crippen LogP contribution in [0.15, 0.2) is 42.6 Å². The molecule has 2 heterocycles. The molecule has 0 saturated carbocycles. The van der Waals surface area contributed by atoms with Crippen molar-refractivity contribution in [1.29, 1.82) is 0 Å². The van der Waals surface area contributed by atoms with Gasteiger partial charge in [0.25, 0.3) is 0 Å². The SMILES string of the molecule is Clc1cc(CN2CCc3ccccc3C2)ccn1. The first-order valence-corrected chi connectivity index (χ1v) is 6.58. The molecule has 0 saturated heterocycles. The van der Waals surface area contributed by atoms with E-state index in [2.05, 4.69) is 34.1 Å². The lowest BCUT2D eigenvalue weighted by Crippen LogP contribution is -2.29. The second kappa shape index (κ2) is 5.09. The fourth-order valence-corrected chi connectivity index (χ4v) is 2.68. The minimum Gasteiger partial charge on any atom is -0.294 e. The molecule has 0 fully saturated rings. The van der Waals surface area contributed by atoms with E-state index in [1.54, 1.807) is 6.20 Å². The van der Waals surface area contributed by atoms with Crippen LogP contribution in [0, 0.1) is 0 Å². The Kier molecular flexibility index (Phi) is 3.31. The van der Waals surface area contributed by atoms with E-state index in [1.807, 2.05) is 12.1 Å². The number of benzene rings is 1. The summed E-state index contributed by atoms with van der Waals surface area (Å²) in [6.45, 7) is 3.07. The molecule has 18 heavy (non-hydrogen) atoms. The van der Waals surface area contributed by atoms with Gasteiger partial charge in [-0.3, -0.25) is 4.90 Å². The molecule has 1 aliphatic heterocycles. The average molecular weight is 259 g/mol. The number of aromatic nitrogens is 1. The highest BCUT2D eigenvalue weighted by atomic mass is 35.5. The van der Waals surface area contributed by atoms with E-state index in [9.17, 15) is 0 Å². The van der Waals surface area contributed by atoms with Crippen LogP contribution in [0.1, 0.15) is 16.7 Å². The molecule has 3 heteroatoms. The van der Waals surface area contributed by atoms with Crippen molar-refractivity contribution in [2.24, 2.45) is 0 Å². The smallest absolute Gasteiger partial charge is 0.129 e. The number of hydrogen-bond donors (Lipinski definition) is 0. The number of fused-ring (bicyclic) bond motifs is 1. The quantitative estimate of drug-likeness (QED) is 0.769. The Morgan fingerprint density at radius 1 is 1.17 bits per heavy atom. The van der Waals surface area contributed by atoms with Crippen LogP contribution >= 0.6 is 11.6 Å². The largest absolute Gasteiger partial charge is 0.294 e. The van der Waals surface area contributed by atoms with Gasteiger partial charge in [0.15, 0.2) is 0 Å². The molecule has 0 aliphatic carbocycles. The molecule has 0 spiro atoms. The van der Waals surface area contributed by atoms with E-state index in [0.717, 1.165) is 26.1 Å². The number of halogens is 1. The Labute approximate surface area is 112 Å². The zero-order valence-electron chi connectivity index (χ0n) is 10.1. The number of nitrogens with zero attached hydrogens (tertiary/aromatic N) is 2. The lowest BCUT2D eigenvalue weighted by atomic mass is 9.99. The van der Waals surface area contributed by atoms with Gasteiger partial charge in [0.1, 0.15) is 5.15 Å². The fraction of sp³-hybridized carbons (Fsp3) is 0.267. The van der Waals surface area contributed by atoms with Gasteiger partial charge in [0.05, 0.1) is 0 Å². The van der Waals surface area contributed by atoms with E-state index in [4.69, 9.17) is 11.6 Å². The van der Waals surface area contributed by atoms with Crippen LogP contribution in [0.2, 0.25) is 5.15 Å². The molecule has 2 nitrogen and oxygen atoms in total. The Bertz CT molecular complexity index is 554. The lowest BCUT2D eigenvalue weighted by molar-refractivity contribution is 0.245. The van der Waals surface area contributed by atoms with Crippen molar-refractivity contribution in [2.45, 2.75) is 19.5 Å². The highest BCUT2D eigenvalue weighted by Crippen LogP contribution is 2.20. The van der Waals surface area contributed by atoms with Crippen LogP contribution in [-0.2, 0) is 19.5 Å². The molecule has 0 unspecified atom stereocenters. The van der Waals surface area contributed by atoms with Gasteiger partial charge < -0.3 is 0 Å². The molecule has 0 radical (unpaired) electrons. The third kappa shape index (κ3) is 2.55. The van der Waals surface area contributed by atoms with Gasteiger partial charge in [-0.2, -0.15) is 0 Å². The number of pyridine rings is 1. The van der Waals surface area contributed by atoms with Crippen LogP contribution in [0.4, 0.5) is 0 Å². The maximum absolute atomic E-state index is 5.91. The molecule has 2 aromatic rings. The van der Waals surface area contributed by atoms with Crippen molar-refractivity contribution in [2.75, 3.05) is 6.54 Å². The summed E-state index contributed by atoms with van der Waals surface area (Å²) in [7, 11) is 0. The molecule has 1 aromatic heterocycles. The summed E-state index contributed by atoms with van der Waals surface area (Å²) in [5.74, 6) is 0. The summed E-state index contributed by atoms with van der Waals surface area (Å²) in [4.78, 5) is 6.47. The Morgan fingerprint density at radius 2 is 2.00 bits per heavy atom. The highest BCUT2D eigenvalue weighted by molar-refractivity contribution is 6.29. The molecule has 0 bridgehead atoms. The lowest BCUT2D eigenvalue weighted by Gasteiger charge is -2.28. The monoisotopic (exact) mass is 258 g/mol. The van der Waals surface area contributed by atoms with Gasteiger partial charge in [0, 0.05) is 25.8 Å². The molecule has 3 rings (SSSR count). The summed E-state index contributed by atoms with van der Waals surface area (Å²) in [5, 5.41) is 0.574. The maximum Gasteiger partial charge on any atom is 0.129 e. The van der Waals surface area contributed by atoms with Crippen molar-refractivity contribution in [1.82, 2.24) is 9.88 Å². The molecule has 1 aliphatic rings. The van der Waals surface area contributed by atoms with Gasteiger partial charge in [-0.1, -0.05) is 35.9 Å². The number of rotatable bonds is 2. The van der Waals surface area contributed by atoms with E-state index in [-0.39, 0.29) is 0 Å². The van der Waals surface area contributed by atoms with E-state index < -0.39 is 0 Å². The first-order chi connectivity index (χ1) is 8.81. The minimum absolute atomic E-state index is 0.574. The van der Waals surface area contributed by atoms with Crippen LogP contribution < -0.4 is 0 Å². The molecule has 92 valence electrons. The van der Waals surface area contributed by atoms with Crippen molar-refractivity contribution in [3.63, 3.8) is 0 Å². The first-order valence-electron chi connectivity index (χ1n) is 6.21. The van der Waals surface area contributed by atoms with Gasteiger partial charge >= 0.3 is 0 Å². The van der Waals surface area contributed by atoms with Crippen molar-refractivity contribution >= 4 is 11.6 Å². The summed E-state index contributed by atoms with van der Waals surface area (Å²) in [6, 6.07) is 12.7. The van der Waals surface area contributed by atoms with E-state index >= 15 is 0 Å². The van der Waals surface area contributed by atoms with E-state index in [0.29, 0.717) is 5.15 Å². The maximum atomic E-state index is 5.91. The van der Waals surface area contributed by atoms with Crippen LogP contribution in [0.3, 0.4) is 0 Å². The zero-order valence-corrected chi connectivity index (χ0v) is 10.9. The van der Waals surface area contributed by atoms with Crippen LogP contribution in [0.25, 0.3) is 0 Å². The van der Waals surface area contributed by atoms with E-state index in [1.165, 1.54) is 16.7 Å². The molecule has 0 N–H and O–H groups in total. The third-order valence-electron chi connectivity index (χ3n) is 3.41. The normalized spacial score (nSPS) is 15.4. The van der Waals surface area contributed by atoms with Crippen molar-refractivity contribution in [3.05, 3.63) is 64.4 Å². The molecule has 1 aromatic carbocycles. The topological polar surface area (TPSA) is 16.1 Å². The Morgan fingerprint density at radius 3 is 2.83 bits per heavy atom. The third-order valence-corrected chi connectivity index (χ3v) is 3.61. The Hall–Kier alpha value is -1.38. The van der Waals surface area contributed by atoms with Crippen molar-refractivity contribution in [3.8, 4) is 0 Å². The highest BCUT2D eigenvalue weighted by Gasteiger charge is 2.15. The standard InChI is InChI=1S/C15H15ClN2/c16-15-9-12(5-7-17-15)10-18-8-6-13-3-1-2-4-14(13)11-18/h1-5,7,9H,6,8,10-11H2. The average Bonchev–Trinajstić information content (AvgIpc) is 2.39. The number of hydrogen-bond acceptors (Lipinski definition) is 2. The minimum atomic E-state index is 0.574. The van der Waals surface area contributed by atoms with Gasteiger partial charge in [-0.15, -0.1) is 0 Å². The van der Waals surface area contributed by atoms with Gasteiger partial charge in [0.2, 0.25) is 0 Å². The summed E-state index contributed by atoms with van der Waals surface area (Å²) < 4.78 is 0. The fourth-order valence-electron chi connectivity index (χ4n) is 2.49. The van der Waals surface area contributed by atoms with Crippen LogP contribution in [-0.4, -0.2) is 16.4 Å². The van der Waals surface area contributed by atoms with Crippen LogP contribution in [0.5, 0.6) is 0 Å². The predicted molar refractivity (Wildman–Crippen MR) is 73.5 cm³/mol. The predicted octanol–water partition coefficient (Wildman–Crippen LogP) is 3.29. The summed E-state index contributed by atoms with van der Waals surface area (Å²) >= 11 is 5.91. The summed E-state index contributed by atoms with van der Waals surface area (Å²) in [5.41, 5.74) is 4.17. The Balaban J connectivity index is 1.73. The molecular weight excluding hydrogens is 244 g/mol. The second-order valence-electron chi connectivity index (χ2n) is 4.72. The molecular formula is C15H15ClN2. The van der Waals surface area contributed by atoms with Gasteiger partial charge in [-0.05, 0) is 35.2 Å². The molecule has 0 atom stereocenters. The van der Waals surface area contributed by atoms with Gasteiger partial charge in [-0.25, -0.2) is 4.98 Å². The zero-order chi connectivity index (χ0) is 12.4. The summed E-state index contributed by atoms with van der Waals surface area (Å²) in [6.07, 6.45) is 2.91. The second-order valence-corrected chi connectivity index (χ2v) is 5.10. The van der Waals surface area contributed by atoms with Crippen molar-refractivity contribution < 1.29 is 0 Å². The first kappa shape index (κ1) is 11.7.